The van der Waals surface area contributed by atoms with Gasteiger partial charge in [0.15, 0.2) is 11.5 Å². The normalized spacial score (nSPS) is 22.9. The van der Waals surface area contributed by atoms with Gasteiger partial charge in [-0.1, -0.05) is 32.9 Å². The summed E-state index contributed by atoms with van der Waals surface area (Å²) in [6, 6.07) is 7.16. The van der Waals surface area contributed by atoms with Gasteiger partial charge in [0.1, 0.15) is 0 Å². The number of anilines is 1. The SMILES string of the molecule is CN(C)c1ccc(C2C(C(=O)C(C)(C)C)=C(O)C(=O)N2CC2CCCO2)cc1. The average Bonchev–Trinajstić information content (AvgIpc) is 3.23. The molecule has 0 radical (unpaired) electrons. The number of carbonyl (C=O) groups excluding carboxylic acids is 2. The van der Waals surface area contributed by atoms with E-state index in [1.807, 2.05) is 43.3 Å². The quantitative estimate of drug-likeness (QED) is 0.841. The molecule has 2 aliphatic heterocycles. The first-order valence-electron chi connectivity index (χ1n) is 9.79. The lowest BCUT2D eigenvalue weighted by Gasteiger charge is -2.30. The van der Waals surface area contributed by atoms with E-state index in [9.17, 15) is 14.7 Å². The molecule has 0 spiro atoms. The molecule has 1 aromatic carbocycles. The van der Waals surface area contributed by atoms with Crippen LogP contribution in [0.2, 0.25) is 0 Å². The molecular weight excluding hydrogens is 356 g/mol. The second-order valence-corrected chi connectivity index (χ2v) is 8.82. The second-order valence-electron chi connectivity index (χ2n) is 8.82. The van der Waals surface area contributed by atoms with Crippen LogP contribution in [0.15, 0.2) is 35.6 Å². The first-order valence-corrected chi connectivity index (χ1v) is 9.79. The Balaban J connectivity index is 2.03. The van der Waals surface area contributed by atoms with Crippen molar-refractivity contribution in [3.05, 3.63) is 41.2 Å². The van der Waals surface area contributed by atoms with Crippen LogP contribution in [0, 0.1) is 5.41 Å². The highest BCUT2D eigenvalue weighted by Gasteiger charge is 2.46. The van der Waals surface area contributed by atoms with Crippen LogP contribution in [0.3, 0.4) is 0 Å². The average molecular weight is 386 g/mol. The predicted octanol–water partition coefficient (Wildman–Crippen LogP) is 3.24. The Kier molecular flexibility index (Phi) is 5.53. The molecule has 1 amide bonds. The number of rotatable bonds is 5. The minimum atomic E-state index is -0.703. The number of ketones is 1. The van der Waals surface area contributed by atoms with Crippen molar-refractivity contribution in [1.29, 1.82) is 0 Å². The molecule has 2 unspecified atom stereocenters. The lowest BCUT2D eigenvalue weighted by molar-refractivity contribution is -0.131. The van der Waals surface area contributed by atoms with Crippen LogP contribution in [0.25, 0.3) is 0 Å². The maximum Gasteiger partial charge on any atom is 0.290 e. The Bertz CT molecular complexity index is 784. The minimum Gasteiger partial charge on any atom is -0.503 e. The Morgan fingerprint density at radius 1 is 1.25 bits per heavy atom. The molecule has 2 aliphatic rings. The number of hydrogen-bond donors (Lipinski definition) is 1. The van der Waals surface area contributed by atoms with Gasteiger partial charge >= 0.3 is 0 Å². The zero-order chi connectivity index (χ0) is 20.6. The molecule has 1 fully saturated rings. The molecule has 28 heavy (non-hydrogen) atoms. The summed E-state index contributed by atoms with van der Waals surface area (Å²) < 4.78 is 5.71. The zero-order valence-electron chi connectivity index (χ0n) is 17.4. The number of aliphatic hydroxyl groups excluding tert-OH is 1. The number of benzene rings is 1. The third kappa shape index (κ3) is 3.78. The van der Waals surface area contributed by atoms with Crippen LogP contribution in [-0.2, 0) is 14.3 Å². The molecule has 0 bridgehead atoms. The van der Waals surface area contributed by atoms with Gasteiger partial charge in [0.25, 0.3) is 5.91 Å². The van der Waals surface area contributed by atoms with Crippen LogP contribution in [0.1, 0.15) is 45.2 Å². The monoisotopic (exact) mass is 386 g/mol. The topological polar surface area (TPSA) is 70.1 Å². The summed E-state index contributed by atoms with van der Waals surface area (Å²) in [7, 11) is 3.91. The fourth-order valence-corrected chi connectivity index (χ4v) is 3.79. The van der Waals surface area contributed by atoms with E-state index in [1.54, 1.807) is 25.7 Å². The Hall–Kier alpha value is -2.34. The van der Waals surface area contributed by atoms with Gasteiger partial charge in [0, 0.05) is 38.3 Å². The lowest BCUT2D eigenvalue weighted by Crippen LogP contribution is -2.38. The molecule has 0 aromatic heterocycles. The van der Waals surface area contributed by atoms with E-state index in [0.717, 1.165) is 24.1 Å². The number of ether oxygens (including phenoxy) is 1. The summed E-state index contributed by atoms with van der Waals surface area (Å²) in [6.45, 7) is 6.45. The largest absolute Gasteiger partial charge is 0.503 e. The molecule has 0 saturated carbocycles. The zero-order valence-corrected chi connectivity index (χ0v) is 17.4. The van der Waals surface area contributed by atoms with Crippen LogP contribution in [0.5, 0.6) is 0 Å². The number of Topliss-reactive ketones (excluding diaryl/α,β-unsaturated/α-hetero) is 1. The van der Waals surface area contributed by atoms with Gasteiger partial charge in [-0.05, 0) is 30.5 Å². The fraction of sp³-hybridized carbons (Fsp3) is 0.545. The van der Waals surface area contributed by atoms with Crippen molar-refractivity contribution in [3.8, 4) is 0 Å². The molecule has 0 aliphatic carbocycles. The van der Waals surface area contributed by atoms with E-state index >= 15 is 0 Å². The highest BCUT2D eigenvalue weighted by Crippen LogP contribution is 2.41. The molecule has 2 atom stereocenters. The van der Waals surface area contributed by atoms with E-state index in [0.29, 0.717) is 13.2 Å². The molecule has 1 saturated heterocycles. The molecule has 6 heteroatoms. The smallest absolute Gasteiger partial charge is 0.290 e. The Labute approximate surface area is 166 Å². The van der Waals surface area contributed by atoms with Crippen molar-refractivity contribution in [3.63, 3.8) is 0 Å². The van der Waals surface area contributed by atoms with Crippen LogP contribution < -0.4 is 4.90 Å². The fourth-order valence-electron chi connectivity index (χ4n) is 3.79. The van der Waals surface area contributed by atoms with Crippen molar-refractivity contribution in [2.45, 2.75) is 45.8 Å². The van der Waals surface area contributed by atoms with Gasteiger partial charge in [0.2, 0.25) is 0 Å². The minimum absolute atomic E-state index is 0.0654. The number of aliphatic hydroxyl groups is 1. The molecule has 152 valence electrons. The summed E-state index contributed by atoms with van der Waals surface area (Å²) in [5, 5.41) is 10.6. The Morgan fingerprint density at radius 2 is 1.89 bits per heavy atom. The first-order chi connectivity index (χ1) is 13.1. The van der Waals surface area contributed by atoms with Gasteiger partial charge in [0.05, 0.1) is 17.7 Å². The van der Waals surface area contributed by atoms with Crippen molar-refractivity contribution in [2.24, 2.45) is 5.41 Å². The lowest BCUT2D eigenvalue weighted by atomic mass is 9.82. The number of amides is 1. The van der Waals surface area contributed by atoms with Crippen molar-refractivity contribution < 1.29 is 19.4 Å². The number of hydrogen-bond acceptors (Lipinski definition) is 5. The van der Waals surface area contributed by atoms with Gasteiger partial charge in [-0.25, -0.2) is 0 Å². The molecule has 1 N–H and O–H groups in total. The second kappa shape index (κ2) is 7.59. The summed E-state index contributed by atoms with van der Waals surface area (Å²) in [6.07, 6.45) is 1.77. The van der Waals surface area contributed by atoms with E-state index in [1.165, 1.54) is 0 Å². The van der Waals surface area contributed by atoms with E-state index in [-0.39, 0.29) is 17.5 Å². The van der Waals surface area contributed by atoms with Gasteiger partial charge < -0.3 is 19.6 Å². The summed E-state index contributed by atoms with van der Waals surface area (Å²) >= 11 is 0. The molecule has 1 aromatic rings. The van der Waals surface area contributed by atoms with Crippen LogP contribution in [-0.4, -0.2) is 55.0 Å². The summed E-state index contributed by atoms with van der Waals surface area (Å²) in [4.78, 5) is 29.6. The standard InChI is InChI=1S/C22H30N2O4/c1-22(2,3)20(26)17-18(14-8-10-15(11-9-14)23(4)5)24(21(27)19(17)25)13-16-7-6-12-28-16/h8-11,16,18,25H,6-7,12-13H2,1-5H3. The van der Waals surface area contributed by atoms with Crippen molar-refractivity contribution >= 4 is 17.4 Å². The van der Waals surface area contributed by atoms with Crippen LogP contribution >= 0.6 is 0 Å². The number of carbonyl (C=O) groups is 2. The maximum absolute atomic E-state index is 13.1. The summed E-state index contributed by atoms with van der Waals surface area (Å²) in [5.41, 5.74) is 1.32. The van der Waals surface area contributed by atoms with Gasteiger partial charge in [-0.15, -0.1) is 0 Å². The third-order valence-corrected chi connectivity index (χ3v) is 5.38. The molecule has 6 nitrogen and oxygen atoms in total. The van der Waals surface area contributed by atoms with E-state index < -0.39 is 23.1 Å². The van der Waals surface area contributed by atoms with E-state index in [2.05, 4.69) is 0 Å². The Morgan fingerprint density at radius 3 is 2.39 bits per heavy atom. The summed E-state index contributed by atoms with van der Waals surface area (Å²) in [5.74, 6) is -1.14. The molecule has 3 rings (SSSR count). The van der Waals surface area contributed by atoms with Crippen molar-refractivity contribution in [1.82, 2.24) is 4.90 Å². The molecular formula is C22H30N2O4. The molecule has 2 heterocycles. The van der Waals surface area contributed by atoms with Crippen molar-refractivity contribution in [2.75, 3.05) is 32.1 Å². The third-order valence-electron chi connectivity index (χ3n) is 5.38. The first kappa shape index (κ1) is 20.4. The highest BCUT2D eigenvalue weighted by molar-refractivity contribution is 6.10. The predicted molar refractivity (Wildman–Crippen MR) is 108 cm³/mol. The van der Waals surface area contributed by atoms with Gasteiger partial charge in [-0.2, -0.15) is 0 Å². The number of nitrogens with zero attached hydrogens (tertiary/aromatic N) is 2. The highest BCUT2D eigenvalue weighted by atomic mass is 16.5. The maximum atomic E-state index is 13.1. The van der Waals surface area contributed by atoms with Gasteiger partial charge in [-0.3, -0.25) is 9.59 Å². The van der Waals surface area contributed by atoms with E-state index in [4.69, 9.17) is 4.74 Å². The van der Waals surface area contributed by atoms with Crippen LogP contribution in [0.4, 0.5) is 5.69 Å².